The lowest BCUT2D eigenvalue weighted by Gasteiger charge is -2.40. The van der Waals surface area contributed by atoms with Crippen LogP contribution in [0.5, 0.6) is 0 Å². The van der Waals surface area contributed by atoms with Crippen LogP contribution in [0.15, 0.2) is 0 Å². The Labute approximate surface area is 113 Å². The number of likely N-dealkylation sites (tertiary alicyclic amines) is 1. The Balaban J connectivity index is 1.80. The van der Waals surface area contributed by atoms with Crippen LogP contribution in [0, 0.1) is 11.8 Å². The highest BCUT2D eigenvalue weighted by Crippen LogP contribution is 2.28. The predicted molar refractivity (Wildman–Crippen MR) is 77.7 cm³/mol. The summed E-state index contributed by atoms with van der Waals surface area (Å²) < 4.78 is 0. The van der Waals surface area contributed by atoms with Gasteiger partial charge in [0.25, 0.3) is 0 Å². The van der Waals surface area contributed by atoms with Crippen LogP contribution in [-0.2, 0) is 0 Å². The molecule has 0 spiro atoms. The van der Waals surface area contributed by atoms with E-state index in [0.717, 1.165) is 24.4 Å². The van der Waals surface area contributed by atoms with Gasteiger partial charge in [-0.05, 0) is 71.2 Å². The van der Waals surface area contributed by atoms with Crippen molar-refractivity contribution in [3.8, 4) is 0 Å². The molecule has 0 aromatic rings. The number of nitrogens with two attached hydrogens (primary N) is 1. The van der Waals surface area contributed by atoms with E-state index in [2.05, 4.69) is 23.9 Å². The van der Waals surface area contributed by atoms with Gasteiger partial charge in [-0.25, -0.2) is 0 Å². The minimum absolute atomic E-state index is 0.745. The van der Waals surface area contributed by atoms with E-state index in [-0.39, 0.29) is 0 Å². The molecule has 18 heavy (non-hydrogen) atoms. The molecule has 0 amide bonds. The molecule has 2 fully saturated rings. The van der Waals surface area contributed by atoms with Gasteiger partial charge < -0.3 is 15.5 Å². The summed E-state index contributed by atoms with van der Waals surface area (Å²) in [5, 5.41) is 0. The van der Waals surface area contributed by atoms with Crippen molar-refractivity contribution >= 4 is 0 Å². The van der Waals surface area contributed by atoms with Crippen LogP contribution in [0.3, 0.4) is 0 Å². The van der Waals surface area contributed by atoms with Crippen molar-refractivity contribution < 1.29 is 0 Å². The monoisotopic (exact) mass is 253 g/mol. The maximum Gasteiger partial charge on any atom is 0.0133 e. The first kappa shape index (κ1) is 14.3. The summed E-state index contributed by atoms with van der Waals surface area (Å²) in [4.78, 5) is 5.09. The Bertz CT molecular complexity index is 236. The molecule has 3 heteroatoms. The van der Waals surface area contributed by atoms with Crippen molar-refractivity contribution in [1.82, 2.24) is 9.80 Å². The Morgan fingerprint density at radius 2 is 1.78 bits per heavy atom. The van der Waals surface area contributed by atoms with Gasteiger partial charge in [0.15, 0.2) is 0 Å². The van der Waals surface area contributed by atoms with Crippen molar-refractivity contribution in [2.24, 2.45) is 17.6 Å². The largest absolute Gasteiger partial charge is 0.330 e. The van der Waals surface area contributed by atoms with Gasteiger partial charge in [-0.1, -0.05) is 12.8 Å². The zero-order valence-electron chi connectivity index (χ0n) is 12.3. The Kier molecular flexibility index (Phi) is 5.46. The fourth-order valence-electron chi connectivity index (χ4n) is 3.83. The number of nitrogens with zero attached hydrogens (tertiary/aromatic N) is 2. The zero-order valence-corrected chi connectivity index (χ0v) is 12.3. The van der Waals surface area contributed by atoms with Crippen molar-refractivity contribution in [2.45, 2.75) is 44.6 Å². The molecule has 0 aromatic heterocycles. The molecule has 3 nitrogen and oxygen atoms in total. The summed E-state index contributed by atoms with van der Waals surface area (Å²) in [6.45, 7) is 4.73. The van der Waals surface area contributed by atoms with E-state index in [1.54, 1.807) is 0 Å². The fraction of sp³-hybridized carbons (Fsp3) is 1.00. The standard InChI is InChI=1S/C15H31N3/c1-17-9-7-13(8-10-17)12-18(2)15-6-4-3-5-14(15)11-16/h13-15H,3-12,16H2,1-2H3. The number of rotatable bonds is 4. The molecule has 1 heterocycles. The van der Waals surface area contributed by atoms with Crippen LogP contribution in [-0.4, -0.2) is 56.1 Å². The zero-order chi connectivity index (χ0) is 13.0. The van der Waals surface area contributed by atoms with Crippen LogP contribution >= 0.6 is 0 Å². The Hall–Kier alpha value is -0.120. The smallest absolute Gasteiger partial charge is 0.0133 e. The van der Waals surface area contributed by atoms with Crippen LogP contribution in [0.1, 0.15) is 38.5 Å². The minimum Gasteiger partial charge on any atom is -0.330 e. The molecule has 1 saturated heterocycles. The molecule has 1 aliphatic heterocycles. The molecule has 2 N–H and O–H groups in total. The molecule has 1 aliphatic carbocycles. The summed E-state index contributed by atoms with van der Waals surface area (Å²) in [7, 11) is 4.57. The van der Waals surface area contributed by atoms with Crippen molar-refractivity contribution in [3.63, 3.8) is 0 Å². The van der Waals surface area contributed by atoms with Crippen LogP contribution in [0.2, 0.25) is 0 Å². The Morgan fingerprint density at radius 1 is 1.11 bits per heavy atom. The average molecular weight is 253 g/mol. The quantitative estimate of drug-likeness (QED) is 0.829. The van der Waals surface area contributed by atoms with E-state index in [1.165, 1.54) is 58.2 Å². The predicted octanol–water partition coefficient (Wildman–Crippen LogP) is 1.78. The third-order valence-corrected chi connectivity index (χ3v) is 5.12. The molecule has 1 saturated carbocycles. The van der Waals surface area contributed by atoms with Gasteiger partial charge >= 0.3 is 0 Å². The minimum atomic E-state index is 0.745. The molecule has 2 aliphatic rings. The third-order valence-electron chi connectivity index (χ3n) is 5.12. The van der Waals surface area contributed by atoms with E-state index < -0.39 is 0 Å². The molecular formula is C15H31N3. The van der Waals surface area contributed by atoms with Gasteiger partial charge in [-0.3, -0.25) is 0 Å². The number of piperidine rings is 1. The second-order valence-corrected chi connectivity index (χ2v) is 6.53. The topological polar surface area (TPSA) is 32.5 Å². The van der Waals surface area contributed by atoms with Gasteiger partial charge in [-0.15, -0.1) is 0 Å². The van der Waals surface area contributed by atoms with Gasteiger partial charge in [0.2, 0.25) is 0 Å². The molecule has 2 atom stereocenters. The molecule has 0 aromatic carbocycles. The first-order valence-electron chi connectivity index (χ1n) is 7.79. The van der Waals surface area contributed by atoms with Crippen LogP contribution in [0.25, 0.3) is 0 Å². The first-order chi connectivity index (χ1) is 8.70. The van der Waals surface area contributed by atoms with E-state index >= 15 is 0 Å². The lowest BCUT2D eigenvalue weighted by atomic mass is 9.83. The maximum absolute atomic E-state index is 5.95. The van der Waals surface area contributed by atoms with E-state index in [9.17, 15) is 0 Å². The van der Waals surface area contributed by atoms with Gasteiger partial charge in [0.05, 0.1) is 0 Å². The van der Waals surface area contributed by atoms with Gasteiger partial charge in [-0.2, -0.15) is 0 Å². The highest BCUT2D eigenvalue weighted by atomic mass is 15.1. The van der Waals surface area contributed by atoms with Crippen molar-refractivity contribution in [3.05, 3.63) is 0 Å². The maximum atomic E-state index is 5.95. The van der Waals surface area contributed by atoms with Gasteiger partial charge in [0, 0.05) is 12.6 Å². The highest BCUT2D eigenvalue weighted by molar-refractivity contribution is 4.84. The molecule has 2 rings (SSSR count). The molecule has 106 valence electrons. The van der Waals surface area contributed by atoms with Crippen LogP contribution in [0.4, 0.5) is 0 Å². The summed E-state index contributed by atoms with van der Waals surface area (Å²) in [5.41, 5.74) is 5.95. The molecule has 0 radical (unpaired) electrons. The SMILES string of the molecule is CN1CCC(CN(C)C2CCCCC2CN)CC1. The van der Waals surface area contributed by atoms with E-state index in [4.69, 9.17) is 5.73 Å². The van der Waals surface area contributed by atoms with E-state index in [0.29, 0.717) is 0 Å². The second-order valence-electron chi connectivity index (χ2n) is 6.53. The first-order valence-corrected chi connectivity index (χ1v) is 7.79. The normalized spacial score (nSPS) is 32.0. The lowest BCUT2D eigenvalue weighted by molar-refractivity contribution is 0.0970. The number of hydrogen-bond acceptors (Lipinski definition) is 3. The summed E-state index contributed by atoms with van der Waals surface area (Å²) >= 11 is 0. The summed E-state index contributed by atoms with van der Waals surface area (Å²) in [5.74, 6) is 1.65. The number of hydrogen-bond donors (Lipinski definition) is 1. The Morgan fingerprint density at radius 3 is 2.44 bits per heavy atom. The summed E-state index contributed by atoms with van der Waals surface area (Å²) in [6, 6.07) is 0.753. The lowest BCUT2D eigenvalue weighted by Crippen LogP contribution is -2.46. The molecule has 2 unspecified atom stereocenters. The van der Waals surface area contributed by atoms with Crippen LogP contribution < -0.4 is 5.73 Å². The third kappa shape index (κ3) is 3.69. The second kappa shape index (κ2) is 6.88. The molecule has 0 bridgehead atoms. The highest BCUT2D eigenvalue weighted by Gasteiger charge is 2.29. The fourth-order valence-corrected chi connectivity index (χ4v) is 3.83. The molecular weight excluding hydrogens is 222 g/mol. The average Bonchev–Trinajstić information content (AvgIpc) is 2.41. The summed E-state index contributed by atoms with van der Waals surface area (Å²) in [6.07, 6.45) is 8.25. The van der Waals surface area contributed by atoms with Crippen molar-refractivity contribution in [2.75, 3.05) is 40.3 Å². The van der Waals surface area contributed by atoms with Crippen molar-refractivity contribution in [1.29, 1.82) is 0 Å². The van der Waals surface area contributed by atoms with Gasteiger partial charge in [0.1, 0.15) is 0 Å². The van der Waals surface area contributed by atoms with E-state index in [1.807, 2.05) is 0 Å².